The second-order valence-corrected chi connectivity index (χ2v) is 8.37. The molecule has 0 unspecified atom stereocenters. The number of benzene rings is 1. The summed E-state index contributed by atoms with van der Waals surface area (Å²) in [6.07, 6.45) is 3.42. The highest BCUT2D eigenvalue weighted by atomic mass is 79.9. The Hall–Kier alpha value is -2.71. The number of pyridine rings is 1. The van der Waals surface area contributed by atoms with Gasteiger partial charge in [0.1, 0.15) is 5.82 Å². The summed E-state index contributed by atoms with van der Waals surface area (Å²) in [5.41, 5.74) is 2.50. The van der Waals surface area contributed by atoms with Crippen LogP contribution in [0.25, 0.3) is 5.57 Å². The van der Waals surface area contributed by atoms with Crippen molar-refractivity contribution in [1.29, 1.82) is 0 Å². The van der Waals surface area contributed by atoms with Gasteiger partial charge in [-0.3, -0.25) is 14.9 Å². The molecule has 2 amide bonds. The number of hydrogen-bond acceptors (Lipinski definition) is 6. The number of carbonyl (C=O) groups is 2. The molecular weight excluding hydrogens is 434 g/mol. The third kappa shape index (κ3) is 4.18. The Morgan fingerprint density at radius 1 is 1.10 bits per heavy atom. The van der Waals surface area contributed by atoms with Crippen LogP contribution in [-0.2, 0) is 4.79 Å². The Morgan fingerprint density at radius 3 is 2.55 bits per heavy atom. The van der Waals surface area contributed by atoms with Crippen molar-refractivity contribution in [2.75, 3.05) is 23.3 Å². The van der Waals surface area contributed by atoms with Crippen LogP contribution in [0, 0.1) is 0 Å². The lowest BCUT2D eigenvalue weighted by molar-refractivity contribution is -0.114. The van der Waals surface area contributed by atoms with Gasteiger partial charge in [0.15, 0.2) is 0 Å². The zero-order valence-corrected chi connectivity index (χ0v) is 17.8. The van der Waals surface area contributed by atoms with E-state index in [1.165, 1.54) is 0 Å². The fourth-order valence-electron chi connectivity index (χ4n) is 3.78. The van der Waals surface area contributed by atoms with Crippen molar-refractivity contribution in [3.8, 4) is 0 Å². The molecule has 3 N–H and O–H groups in total. The third-order valence-electron chi connectivity index (χ3n) is 5.02. The number of halogens is 1. The van der Waals surface area contributed by atoms with E-state index in [1.54, 1.807) is 24.4 Å². The predicted molar refractivity (Wildman–Crippen MR) is 117 cm³/mol. The van der Waals surface area contributed by atoms with Gasteiger partial charge in [-0.2, -0.15) is 0 Å². The van der Waals surface area contributed by atoms with Crippen LogP contribution in [-0.4, -0.2) is 42.0 Å². The standard InChI is InChI=1S/C21H22BrN5O2/c1-12-10-27(11-13(2)25-12)15-4-6-19(23-8-15)24-9-18-17-7-14(22)3-5-16(17)20(28)26-21(18)29/h3-9,12-13,25H,10-11H2,1-2H3,(H,23,24)(H,26,28,29)/b18-9-/t12-,13+. The van der Waals surface area contributed by atoms with Gasteiger partial charge in [-0.1, -0.05) is 15.9 Å². The van der Waals surface area contributed by atoms with E-state index in [-0.39, 0.29) is 0 Å². The van der Waals surface area contributed by atoms with Crippen molar-refractivity contribution in [3.63, 3.8) is 0 Å². The fraction of sp³-hybridized carbons (Fsp3) is 0.286. The molecule has 2 aromatic rings. The topological polar surface area (TPSA) is 86.4 Å². The summed E-state index contributed by atoms with van der Waals surface area (Å²) in [5.74, 6) is -0.205. The molecule has 3 heterocycles. The molecule has 29 heavy (non-hydrogen) atoms. The monoisotopic (exact) mass is 455 g/mol. The number of anilines is 2. The highest BCUT2D eigenvalue weighted by Gasteiger charge is 2.27. The maximum Gasteiger partial charge on any atom is 0.260 e. The van der Waals surface area contributed by atoms with Gasteiger partial charge in [-0.25, -0.2) is 4.98 Å². The Morgan fingerprint density at radius 2 is 1.86 bits per heavy atom. The number of hydrogen-bond donors (Lipinski definition) is 3. The van der Waals surface area contributed by atoms with Crippen LogP contribution < -0.4 is 20.9 Å². The van der Waals surface area contributed by atoms with Crippen molar-refractivity contribution < 1.29 is 9.59 Å². The third-order valence-corrected chi connectivity index (χ3v) is 5.52. The van der Waals surface area contributed by atoms with Gasteiger partial charge in [0, 0.05) is 47.0 Å². The minimum atomic E-state index is -0.437. The lowest BCUT2D eigenvalue weighted by atomic mass is 9.96. The lowest BCUT2D eigenvalue weighted by Crippen LogP contribution is -2.54. The summed E-state index contributed by atoms with van der Waals surface area (Å²) in [6, 6.07) is 9.99. The smallest absolute Gasteiger partial charge is 0.260 e. The van der Waals surface area contributed by atoms with Crippen LogP contribution >= 0.6 is 15.9 Å². The molecule has 0 bridgehead atoms. The van der Waals surface area contributed by atoms with Gasteiger partial charge in [-0.15, -0.1) is 0 Å². The van der Waals surface area contributed by atoms with E-state index in [1.807, 2.05) is 18.3 Å². The maximum absolute atomic E-state index is 12.3. The molecule has 0 aliphatic carbocycles. The summed E-state index contributed by atoms with van der Waals surface area (Å²) in [6.45, 7) is 6.22. The molecule has 1 aromatic carbocycles. The Labute approximate surface area is 177 Å². The average molecular weight is 456 g/mol. The SMILES string of the molecule is C[C@@H]1CN(c2ccc(N/C=C3\C(=O)NC(=O)c4ccc(Br)cc43)nc2)C[C@H](C)N1. The molecule has 150 valence electrons. The highest BCUT2D eigenvalue weighted by Crippen LogP contribution is 2.27. The van der Waals surface area contributed by atoms with Crippen molar-refractivity contribution >= 4 is 44.8 Å². The first kappa shape index (κ1) is 19.6. The Balaban J connectivity index is 1.54. The first-order valence-electron chi connectivity index (χ1n) is 9.50. The summed E-state index contributed by atoms with van der Waals surface area (Å²) >= 11 is 3.40. The number of rotatable bonds is 3. The lowest BCUT2D eigenvalue weighted by Gasteiger charge is -2.37. The fourth-order valence-corrected chi connectivity index (χ4v) is 4.14. The van der Waals surface area contributed by atoms with Gasteiger partial charge in [0.05, 0.1) is 17.5 Å². The summed E-state index contributed by atoms with van der Waals surface area (Å²) in [5, 5.41) is 8.96. The van der Waals surface area contributed by atoms with Gasteiger partial charge in [0.25, 0.3) is 11.8 Å². The van der Waals surface area contributed by atoms with Crippen LogP contribution in [0.4, 0.5) is 11.5 Å². The van der Waals surface area contributed by atoms with Gasteiger partial charge >= 0.3 is 0 Å². The second kappa shape index (κ2) is 7.96. The van der Waals surface area contributed by atoms with E-state index >= 15 is 0 Å². The number of nitrogens with one attached hydrogen (secondary N) is 3. The summed E-state index contributed by atoms with van der Waals surface area (Å²) in [4.78, 5) is 31.2. The molecular formula is C21H22BrN5O2. The van der Waals surface area contributed by atoms with Crippen molar-refractivity contribution in [2.24, 2.45) is 0 Å². The first-order valence-corrected chi connectivity index (χ1v) is 10.3. The van der Waals surface area contributed by atoms with E-state index < -0.39 is 11.8 Å². The van der Waals surface area contributed by atoms with Gasteiger partial charge in [-0.05, 0) is 44.2 Å². The maximum atomic E-state index is 12.3. The zero-order valence-electron chi connectivity index (χ0n) is 16.2. The summed E-state index contributed by atoms with van der Waals surface area (Å²) in [7, 11) is 0. The van der Waals surface area contributed by atoms with Crippen molar-refractivity contribution in [3.05, 3.63) is 58.3 Å². The average Bonchev–Trinajstić information content (AvgIpc) is 2.67. The quantitative estimate of drug-likeness (QED) is 0.487. The largest absolute Gasteiger partial charge is 0.367 e. The molecule has 0 saturated carbocycles. The molecule has 1 fully saturated rings. The van der Waals surface area contributed by atoms with E-state index in [9.17, 15) is 9.59 Å². The molecule has 0 radical (unpaired) electrons. The van der Waals surface area contributed by atoms with Crippen molar-refractivity contribution in [2.45, 2.75) is 25.9 Å². The first-order chi connectivity index (χ1) is 13.9. The number of fused-ring (bicyclic) bond motifs is 1. The minimum Gasteiger partial charge on any atom is -0.367 e. The minimum absolute atomic E-state index is 0.386. The highest BCUT2D eigenvalue weighted by molar-refractivity contribution is 9.10. The normalized spacial score (nSPS) is 23.0. The molecule has 7 nitrogen and oxygen atoms in total. The van der Waals surface area contributed by atoms with Crippen LogP contribution in [0.2, 0.25) is 0 Å². The Kier molecular flexibility index (Phi) is 5.38. The van der Waals surface area contributed by atoms with Crippen LogP contribution in [0.1, 0.15) is 29.8 Å². The number of nitrogens with zero attached hydrogens (tertiary/aromatic N) is 2. The summed E-state index contributed by atoms with van der Waals surface area (Å²) < 4.78 is 0.798. The molecule has 4 rings (SSSR count). The van der Waals surface area contributed by atoms with Crippen LogP contribution in [0.15, 0.2) is 47.2 Å². The van der Waals surface area contributed by atoms with Crippen molar-refractivity contribution in [1.82, 2.24) is 15.6 Å². The van der Waals surface area contributed by atoms with E-state index in [0.29, 0.717) is 34.6 Å². The Bertz CT molecular complexity index is 979. The molecule has 1 aromatic heterocycles. The predicted octanol–water partition coefficient (Wildman–Crippen LogP) is 2.75. The number of imide groups is 1. The van der Waals surface area contributed by atoms with Gasteiger partial charge < -0.3 is 15.5 Å². The van der Waals surface area contributed by atoms with E-state index in [0.717, 1.165) is 23.2 Å². The van der Waals surface area contributed by atoms with E-state index in [2.05, 4.69) is 55.6 Å². The molecule has 2 atom stereocenters. The van der Waals surface area contributed by atoms with Crippen LogP contribution in [0.5, 0.6) is 0 Å². The molecule has 1 saturated heterocycles. The number of carbonyl (C=O) groups excluding carboxylic acids is 2. The van der Waals surface area contributed by atoms with Crippen LogP contribution in [0.3, 0.4) is 0 Å². The number of amides is 2. The second-order valence-electron chi connectivity index (χ2n) is 7.45. The molecule has 8 heteroatoms. The molecule has 0 spiro atoms. The van der Waals surface area contributed by atoms with E-state index in [4.69, 9.17) is 0 Å². The zero-order chi connectivity index (χ0) is 20.5. The van der Waals surface area contributed by atoms with Gasteiger partial charge in [0.2, 0.25) is 0 Å². The number of piperazine rings is 1. The number of aromatic nitrogens is 1. The molecule has 2 aliphatic rings. The molecule has 2 aliphatic heterocycles.